The number of amides is 1. The fourth-order valence-electron chi connectivity index (χ4n) is 1.88. The molecule has 2 heterocycles. The average molecular weight is 286 g/mol. The van der Waals surface area contributed by atoms with Crippen molar-refractivity contribution in [3.63, 3.8) is 0 Å². The van der Waals surface area contributed by atoms with E-state index in [9.17, 15) is 4.79 Å². The van der Waals surface area contributed by atoms with Crippen molar-refractivity contribution in [3.05, 3.63) is 17.7 Å². The van der Waals surface area contributed by atoms with E-state index in [1.54, 1.807) is 7.11 Å². The van der Waals surface area contributed by atoms with Gasteiger partial charge in [0.25, 0.3) is 0 Å². The van der Waals surface area contributed by atoms with Crippen molar-refractivity contribution in [1.29, 1.82) is 0 Å². The molecule has 1 fully saturated rings. The van der Waals surface area contributed by atoms with Gasteiger partial charge in [0.15, 0.2) is 0 Å². The van der Waals surface area contributed by atoms with Gasteiger partial charge in [-0.25, -0.2) is 4.79 Å². The highest BCUT2D eigenvalue weighted by atomic mass is 35.5. The summed E-state index contributed by atoms with van der Waals surface area (Å²) in [5, 5.41) is 5.80. The lowest BCUT2D eigenvalue weighted by Crippen LogP contribution is -2.28. The van der Waals surface area contributed by atoms with Crippen molar-refractivity contribution in [3.8, 4) is 5.88 Å². The zero-order chi connectivity index (χ0) is 13.7. The number of methoxy groups -OCH3 is 1. The van der Waals surface area contributed by atoms with E-state index < -0.39 is 0 Å². The van der Waals surface area contributed by atoms with Crippen LogP contribution in [0.3, 0.4) is 0 Å². The van der Waals surface area contributed by atoms with Crippen molar-refractivity contribution in [1.82, 2.24) is 10.3 Å². The molecule has 0 aromatic carbocycles. The molecule has 0 bridgehead atoms. The highest BCUT2D eigenvalue weighted by Crippen LogP contribution is 2.21. The van der Waals surface area contributed by atoms with Gasteiger partial charge >= 0.3 is 6.09 Å². The normalized spacial score (nSPS) is 17.8. The van der Waals surface area contributed by atoms with Crippen LogP contribution in [-0.2, 0) is 11.2 Å². The molecule has 1 atom stereocenters. The van der Waals surface area contributed by atoms with E-state index in [-0.39, 0.29) is 12.1 Å². The monoisotopic (exact) mass is 285 g/mol. The second-order valence-electron chi connectivity index (χ2n) is 4.12. The van der Waals surface area contributed by atoms with Crippen molar-refractivity contribution in [2.24, 2.45) is 0 Å². The number of carbonyl (C=O) groups is 1. The Hall–Kier alpha value is -1.69. The smallest absolute Gasteiger partial charge is 0.407 e. The number of pyridine rings is 1. The van der Waals surface area contributed by atoms with Gasteiger partial charge in [-0.1, -0.05) is 0 Å². The number of aromatic nitrogens is 1. The van der Waals surface area contributed by atoms with Crippen LogP contribution in [0.4, 0.5) is 10.6 Å². The SMILES string of the molecule is COc1nc(NCCCl)ccc1C[C@H]1COC(=O)N1. The third-order valence-electron chi connectivity index (χ3n) is 2.74. The number of rotatable bonds is 6. The van der Waals surface area contributed by atoms with Gasteiger partial charge in [0, 0.05) is 24.4 Å². The van der Waals surface area contributed by atoms with Crippen molar-refractivity contribution >= 4 is 23.5 Å². The number of hydrogen-bond donors (Lipinski definition) is 2. The lowest BCUT2D eigenvalue weighted by molar-refractivity contribution is 0.177. The highest BCUT2D eigenvalue weighted by molar-refractivity contribution is 6.18. The summed E-state index contributed by atoms with van der Waals surface area (Å²) >= 11 is 5.61. The standard InChI is InChI=1S/C12H16ClN3O3/c1-18-11-8(6-9-7-19-12(17)15-9)2-3-10(16-11)14-5-4-13/h2-3,9H,4-7H2,1H3,(H,14,16)(H,15,17)/t9-/m0/s1. The van der Waals surface area contributed by atoms with Gasteiger partial charge in [-0.2, -0.15) is 4.98 Å². The second kappa shape index (κ2) is 6.47. The first kappa shape index (κ1) is 13.7. The zero-order valence-electron chi connectivity index (χ0n) is 10.6. The Bertz CT molecular complexity index is 456. The van der Waals surface area contributed by atoms with Gasteiger partial charge < -0.3 is 20.1 Å². The van der Waals surface area contributed by atoms with E-state index in [2.05, 4.69) is 15.6 Å². The predicted molar refractivity (Wildman–Crippen MR) is 72.0 cm³/mol. The quantitative estimate of drug-likeness (QED) is 0.773. The molecule has 1 amide bonds. The van der Waals surface area contributed by atoms with E-state index in [1.165, 1.54) is 0 Å². The molecule has 1 saturated heterocycles. The predicted octanol–water partition coefficient (Wildman–Crippen LogP) is 1.39. The van der Waals surface area contributed by atoms with Crippen LogP contribution in [-0.4, -0.2) is 43.3 Å². The Morgan fingerprint density at radius 1 is 1.63 bits per heavy atom. The van der Waals surface area contributed by atoms with E-state index >= 15 is 0 Å². The number of alkyl halides is 1. The molecule has 104 valence electrons. The fraction of sp³-hybridized carbons (Fsp3) is 0.500. The number of ether oxygens (including phenoxy) is 2. The molecule has 1 aliphatic heterocycles. The summed E-state index contributed by atoms with van der Waals surface area (Å²) < 4.78 is 10.1. The Morgan fingerprint density at radius 2 is 2.47 bits per heavy atom. The number of anilines is 1. The molecule has 1 aromatic rings. The van der Waals surface area contributed by atoms with Crippen molar-refractivity contribution in [2.75, 3.05) is 31.5 Å². The molecule has 0 saturated carbocycles. The minimum Gasteiger partial charge on any atom is -0.481 e. The molecular weight excluding hydrogens is 270 g/mol. The lowest BCUT2D eigenvalue weighted by atomic mass is 10.1. The maximum absolute atomic E-state index is 11.0. The summed E-state index contributed by atoms with van der Waals surface area (Å²) in [6, 6.07) is 3.75. The van der Waals surface area contributed by atoms with Gasteiger partial charge in [0.2, 0.25) is 5.88 Å². The Kier molecular flexibility index (Phi) is 4.68. The van der Waals surface area contributed by atoms with Crippen LogP contribution in [0.1, 0.15) is 5.56 Å². The summed E-state index contributed by atoms with van der Waals surface area (Å²) in [5.74, 6) is 1.77. The van der Waals surface area contributed by atoms with Crippen LogP contribution >= 0.6 is 11.6 Å². The number of nitrogens with zero attached hydrogens (tertiary/aromatic N) is 1. The Labute approximate surface area is 116 Å². The van der Waals surface area contributed by atoms with E-state index in [0.717, 1.165) is 5.56 Å². The van der Waals surface area contributed by atoms with Gasteiger partial charge in [-0.3, -0.25) is 0 Å². The third kappa shape index (κ3) is 3.64. The summed E-state index contributed by atoms with van der Waals surface area (Å²) in [6.45, 7) is 1.01. The van der Waals surface area contributed by atoms with Crippen LogP contribution in [0.25, 0.3) is 0 Å². The number of nitrogens with one attached hydrogen (secondary N) is 2. The molecule has 6 nitrogen and oxygen atoms in total. The molecule has 0 aliphatic carbocycles. The van der Waals surface area contributed by atoms with Crippen LogP contribution in [0.5, 0.6) is 5.88 Å². The minimum absolute atomic E-state index is 0.0372. The van der Waals surface area contributed by atoms with Crippen LogP contribution in [0.15, 0.2) is 12.1 Å². The molecule has 0 radical (unpaired) electrons. The number of hydrogen-bond acceptors (Lipinski definition) is 5. The van der Waals surface area contributed by atoms with Gasteiger partial charge in [-0.15, -0.1) is 11.6 Å². The van der Waals surface area contributed by atoms with Gasteiger partial charge in [-0.05, 0) is 12.1 Å². The third-order valence-corrected chi connectivity index (χ3v) is 2.93. The topological polar surface area (TPSA) is 72.5 Å². The molecule has 7 heteroatoms. The highest BCUT2D eigenvalue weighted by Gasteiger charge is 2.23. The number of carbonyl (C=O) groups excluding carboxylic acids is 1. The first-order valence-electron chi connectivity index (χ1n) is 6.00. The van der Waals surface area contributed by atoms with E-state index in [4.69, 9.17) is 21.1 Å². The number of alkyl carbamates (subject to hydrolysis) is 1. The number of cyclic esters (lactones) is 1. The van der Waals surface area contributed by atoms with Crippen LogP contribution < -0.4 is 15.4 Å². The summed E-state index contributed by atoms with van der Waals surface area (Å²) in [7, 11) is 1.57. The largest absolute Gasteiger partial charge is 0.481 e. The summed E-state index contributed by atoms with van der Waals surface area (Å²) in [4.78, 5) is 15.3. The maximum Gasteiger partial charge on any atom is 0.407 e. The van der Waals surface area contributed by atoms with E-state index in [1.807, 2.05) is 12.1 Å². The lowest BCUT2D eigenvalue weighted by Gasteiger charge is -2.12. The van der Waals surface area contributed by atoms with Crippen molar-refractivity contribution < 1.29 is 14.3 Å². The van der Waals surface area contributed by atoms with Gasteiger partial charge in [0.05, 0.1) is 13.2 Å². The zero-order valence-corrected chi connectivity index (χ0v) is 11.4. The molecule has 2 N–H and O–H groups in total. The van der Waals surface area contributed by atoms with Crippen LogP contribution in [0, 0.1) is 0 Å². The van der Waals surface area contributed by atoms with E-state index in [0.29, 0.717) is 37.2 Å². The Morgan fingerprint density at radius 3 is 3.11 bits per heavy atom. The first-order chi connectivity index (χ1) is 9.22. The molecule has 19 heavy (non-hydrogen) atoms. The Balaban J connectivity index is 2.05. The summed E-state index contributed by atoms with van der Waals surface area (Å²) in [6.07, 6.45) is 0.245. The second-order valence-corrected chi connectivity index (χ2v) is 4.50. The van der Waals surface area contributed by atoms with Crippen LogP contribution in [0.2, 0.25) is 0 Å². The minimum atomic E-state index is -0.377. The average Bonchev–Trinajstić information content (AvgIpc) is 2.83. The molecule has 1 aromatic heterocycles. The number of halogens is 1. The molecule has 0 unspecified atom stereocenters. The molecule has 2 rings (SSSR count). The first-order valence-corrected chi connectivity index (χ1v) is 6.53. The maximum atomic E-state index is 11.0. The summed E-state index contributed by atoms with van der Waals surface area (Å²) in [5.41, 5.74) is 0.926. The fourth-order valence-corrected chi connectivity index (χ4v) is 1.97. The molecule has 0 spiro atoms. The van der Waals surface area contributed by atoms with Gasteiger partial charge in [0.1, 0.15) is 12.4 Å². The molecule has 1 aliphatic rings. The molecular formula is C12H16ClN3O3. The van der Waals surface area contributed by atoms with Crippen molar-refractivity contribution in [2.45, 2.75) is 12.5 Å².